The van der Waals surface area contributed by atoms with Gasteiger partial charge < -0.3 is 14.6 Å². The Labute approximate surface area is 126 Å². The second-order valence-electron chi connectivity index (χ2n) is 5.82. The molecule has 1 unspecified atom stereocenters. The number of hydrogen-bond acceptors (Lipinski definition) is 3. The Hall–Kier alpha value is -1.14. The quantitative estimate of drug-likeness (QED) is 0.849. The highest BCUT2D eigenvalue weighted by Crippen LogP contribution is 2.24. The highest BCUT2D eigenvalue weighted by atomic mass is 79.9. The van der Waals surface area contributed by atoms with Crippen molar-refractivity contribution in [3.05, 3.63) is 32.2 Å². The molecule has 20 heavy (non-hydrogen) atoms. The summed E-state index contributed by atoms with van der Waals surface area (Å²) in [6.07, 6.45) is 1.46. The predicted molar refractivity (Wildman–Crippen MR) is 80.0 cm³/mol. The Morgan fingerprint density at radius 2 is 2.20 bits per heavy atom. The zero-order valence-electron chi connectivity index (χ0n) is 12.1. The van der Waals surface area contributed by atoms with E-state index in [-0.39, 0.29) is 23.0 Å². The first kappa shape index (κ1) is 15.3. The lowest BCUT2D eigenvalue weighted by Crippen LogP contribution is -2.58. The number of hydrogen-bond donors (Lipinski definition) is 1. The van der Waals surface area contributed by atoms with Gasteiger partial charge in [-0.3, -0.25) is 9.59 Å². The number of aryl methyl sites for hydroxylation is 1. The van der Waals surface area contributed by atoms with Gasteiger partial charge in [0.25, 0.3) is 5.91 Å². The molecule has 0 bridgehead atoms. The summed E-state index contributed by atoms with van der Waals surface area (Å²) < 4.78 is 6.00. The number of pyridine rings is 1. The zero-order chi connectivity index (χ0) is 15.1. The number of aromatic nitrogens is 1. The third kappa shape index (κ3) is 2.67. The van der Waals surface area contributed by atoms with Crippen molar-refractivity contribution < 1.29 is 9.53 Å². The molecule has 0 aliphatic carbocycles. The molecule has 1 saturated heterocycles. The smallest absolute Gasteiger partial charge is 0.259 e. The molecule has 1 fully saturated rings. The molecule has 1 aromatic rings. The molecule has 0 aromatic carbocycles. The van der Waals surface area contributed by atoms with Crippen LogP contribution in [0.25, 0.3) is 0 Å². The van der Waals surface area contributed by atoms with E-state index in [4.69, 9.17) is 4.74 Å². The fraction of sp³-hybridized carbons (Fsp3) is 0.571. The molecule has 110 valence electrons. The number of morpholine rings is 1. The van der Waals surface area contributed by atoms with E-state index in [0.29, 0.717) is 23.3 Å². The number of halogens is 1. The molecule has 5 nitrogen and oxygen atoms in total. The van der Waals surface area contributed by atoms with Crippen molar-refractivity contribution >= 4 is 21.8 Å². The zero-order valence-corrected chi connectivity index (χ0v) is 13.7. The molecule has 0 saturated carbocycles. The van der Waals surface area contributed by atoms with Gasteiger partial charge >= 0.3 is 0 Å². The van der Waals surface area contributed by atoms with Crippen molar-refractivity contribution in [3.8, 4) is 0 Å². The first-order chi connectivity index (χ1) is 9.24. The van der Waals surface area contributed by atoms with Gasteiger partial charge in [0.1, 0.15) is 5.56 Å². The summed E-state index contributed by atoms with van der Waals surface area (Å²) in [5.41, 5.74) is 0.167. The van der Waals surface area contributed by atoms with Gasteiger partial charge in [-0.25, -0.2) is 0 Å². The van der Waals surface area contributed by atoms with E-state index >= 15 is 0 Å². The number of aromatic amines is 1. The molecular formula is C14H19BrN2O3. The van der Waals surface area contributed by atoms with Crippen LogP contribution >= 0.6 is 15.9 Å². The second kappa shape index (κ2) is 5.33. The van der Waals surface area contributed by atoms with Crippen LogP contribution < -0.4 is 5.43 Å². The summed E-state index contributed by atoms with van der Waals surface area (Å²) in [6.45, 7) is 8.52. The fourth-order valence-corrected chi connectivity index (χ4v) is 2.57. The maximum Gasteiger partial charge on any atom is 0.259 e. The number of ether oxygens (including phenoxy) is 1. The van der Waals surface area contributed by atoms with Gasteiger partial charge in [0.15, 0.2) is 0 Å². The molecule has 1 amide bonds. The summed E-state index contributed by atoms with van der Waals surface area (Å²) >= 11 is 3.22. The molecule has 1 aliphatic rings. The number of amides is 1. The number of rotatable bonds is 1. The summed E-state index contributed by atoms with van der Waals surface area (Å²) in [5, 5.41) is 0. The van der Waals surface area contributed by atoms with Crippen LogP contribution in [0.15, 0.2) is 15.5 Å². The van der Waals surface area contributed by atoms with Crippen LogP contribution in [0.3, 0.4) is 0 Å². The average Bonchev–Trinajstić information content (AvgIpc) is 2.38. The Morgan fingerprint density at radius 1 is 1.55 bits per heavy atom. The Balaban J connectivity index is 2.40. The van der Waals surface area contributed by atoms with Gasteiger partial charge in [0.2, 0.25) is 5.43 Å². The third-order valence-electron chi connectivity index (χ3n) is 3.57. The van der Waals surface area contributed by atoms with Crippen molar-refractivity contribution in [1.82, 2.24) is 9.88 Å². The maximum absolute atomic E-state index is 12.7. The monoisotopic (exact) mass is 342 g/mol. The molecule has 6 heteroatoms. The highest BCUT2D eigenvalue weighted by Gasteiger charge is 2.38. The molecule has 0 radical (unpaired) electrons. The van der Waals surface area contributed by atoms with Crippen LogP contribution in [0.5, 0.6) is 0 Å². The van der Waals surface area contributed by atoms with Crippen LogP contribution in [0.1, 0.15) is 36.8 Å². The van der Waals surface area contributed by atoms with Gasteiger partial charge in [-0.1, -0.05) is 0 Å². The van der Waals surface area contributed by atoms with Crippen LogP contribution in [0, 0.1) is 6.92 Å². The molecule has 1 aliphatic heterocycles. The standard InChI is InChI=1S/C14H19BrN2O3/c1-8-6-17(14(3,4)7-20-8)13(19)10-5-16-9(2)11(15)12(10)18/h5,8H,6-7H2,1-4H3,(H,16,18). The predicted octanol–water partition coefficient (Wildman–Crippen LogP) is 2.09. The summed E-state index contributed by atoms with van der Waals surface area (Å²) in [7, 11) is 0. The van der Waals surface area contributed by atoms with E-state index in [9.17, 15) is 9.59 Å². The number of H-pyrrole nitrogens is 1. The van der Waals surface area contributed by atoms with Crippen LogP contribution in [0.2, 0.25) is 0 Å². The average molecular weight is 343 g/mol. The lowest BCUT2D eigenvalue weighted by atomic mass is 9.99. The SMILES string of the molecule is Cc1[nH]cc(C(=O)N2CC(C)OCC2(C)C)c(=O)c1Br. The van der Waals surface area contributed by atoms with Crippen LogP contribution in [-0.2, 0) is 4.74 Å². The van der Waals surface area contributed by atoms with E-state index in [1.54, 1.807) is 11.8 Å². The fourth-order valence-electron chi connectivity index (χ4n) is 2.24. The van der Waals surface area contributed by atoms with Crippen LogP contribution in [-0.4, -0.2) is 40.6 Å². The molecule has 2 heterocycles. The summed E-state index contributed by atoms with van der Waals surface area (Å²) in [4.78, 5) is 29.6. The van der Waals surface area contributed by atoms with Gasteiger partial charge in [-0.15, -0.1) is 0 Å². The molecule has 0 spiro atoms. The third-order valence-corrected chi connectivity index (χ3v) is 4.53. The molecule has 1 atom stereocenters. The van der Waals surface area contributed by atoms with E-state index in [1.165, 1.54) is 6.20 Å². The minimum atomic E-state index is -0.423. The Kier molecular flexibility index (Phi) is 4.07. The normalized spacial score (nSPS) is 21.9. The van der Waals surface area contributed by atoms with Crippen molar-refractivity contribution in [2.24, 2.45) is 0 Å². The number of carbonyl (C=O) groups excluding carboxylic acids is 1. The Morgan fingerprint density at radius 3 is 2.85 bits per heavy atom. The van der Waals surface area contributed by atoms with E-state index in [2.05, 4.69) is 20.9 Å². The van der Waals surface area contributed by atoms with Crippen molar-refractivity contribution in [3.63, 3.8) is 0 Å². The summed E-state index contributed by atoms with van der Waals surface area (Å²) in [5.74, 6) is -0.257. The lowest BCUT2D eigenvalue weighted by Gasteiger charge is -2.44. The molecule has 1 aromatic heterocycles. The first-order valence-corrected chi connectivity index (χ1v) is 7.34. The van der Waals surface area contributed by atoms with Crippen molar-refractivity contribution in [2.45, 2.75) is 39.3 Å². The van der Waals surface area contributed by atoms with Gasteiger partial charge in [-0.05, 0) is 43.6 Å². The van der Waals surface area contributed by atoms with E-state index in [0.717, 1.165) is 0 Å². The number of nitrogens with zero attached hydrogens (tertiary/aromatic N) is 1. The Bertz CT molecular complexity index is 595. The van der Waals surface area contributed by atoms with Crippen molar-refractivity contribution in [1.29, 1.82) is 0 Å². The number of nitrogens with one attached hydrogen (secondary N) is 1. The molecule has 2 rings (SSSR count). The molecule has 1 N–H and O–H groups in total. The van der Waals surface area contributed by atoms with E-state index in [1.807, 2.05) is 20.8 Å². The van der Waals surface area contributed by atoms with E-state index < -0.39 is 5.54 Å². The second-order valence-corrected chi connectivity index (χ2v) is 6.61. The topological polar surface area (TPSA) is 62.4 Å². The first-order valence-electron chi connectivity index (χ1n) is 6.55. The minimum absolute atomic E-state index is 0.0278. The largest absolute Gasteiger partial charge is 0.374 e. The van der Waals surface area contributed by atoms with Gasteiger partial charge in [0, 0.05) is 18.4 Å². The molecular weight excluding hydrogens is 324 g/mol. The van der Waals surface area contributed by atoms with Crippen molar-refractivity contribution in [2.75, 3.05) is 13.2 Å². The summed E-state index contributed by atoms with van der Waals surface area (Å²) in [6, 6.07) is 0. The van der Waals surface area contributed by atoms with Gasteiger partial charge in [0.05, 0.1) is 22.7 Å². The minimum Gasteiger partial charge on any atom is -0.374 e. The maximum atomic E-state index is 12.7. The van der Waals surface area contributed by atoms with Crippen LogP contribution in [0.4, 0.5) is 0 Å². The lowest BCUT2D eigenvalue weighted by molar-refractivity contribution is -0.0756. The van der Waals surface area contributed by atoms with Gasteiger partial charge in [-0.2, -0.15) is 0 Å². The number of carbonyl (C=O) groups is 1. The highest BCUT2D eigenvalue weighted by molar-refractivity contribution is 9.10.